The highest BCUT2D eigenvalue weighted by Crippen LogP contribution is 2.61. The van der Waals surface area contributed by atoms with Gasteiger partial charge in [0.2, 0.25) is 11.8 Å². The number of anilines is 2. The van der Waals surface area contributed by atoms with E-state index in [2.05, 4.69) is 4.90 Å². The Bertz CT molecular complexity index is 1290. The van der Waals surface area contributed by atoms with Crippen molar-refractivity contribution < 1.29 is 19.3 Å². The molecule has 0 unspecified atom stereocenters. The second-order valence-corrected chi connectivity index (χ2v) is 9.48. The Morgan fingerprint density at radius 2 is 1.88 bits per heavy atom. The average molecular weight is 460 g/mol. The molecule has 0 bridgehead atoms. The van der Waals surface area contributed by atoms with Crippen LogP contribution >= 0.6 is 0 Å². The number of hydrogen-bond acceptors (Lipinski definition) is 6. The number of likely N-dealkylation sites (N-methyl/N-ethyl adjacent to an activating group) is 1. The van der Waals surface area contributed by atoms with Crippen molar-refractivity contribution in [1.82, 2.24) is 4.90 Å². The molecular weight excluding hydrogens is 436 g/mol. The Morgan fingerprint density at radius 1 is 1.12 bits per heavy atom. The fourth-order valence-electron chi connectivity index (χ4n) is 6.84. The van der Waals surface area contributed by atoms with Crippen molar-refractivity contribution in [2.75, 3.05) is 22.9 Å². The van der Waals surface area contributed by atoms with E-state index in [1.807, 2.05) is 31.2 Å². The van der Waals surface area contributed by atoms with E-state index >= 15 is 0 Å². The summed E-state index contributed by atoms with van der Waals surface area (Å²) in [5.74, 6) is -2.51. The number of aryl methyl sites for hydroxylation is 1. The molecule has 4 atom stereocenters. The quantitative estimate of drug-likeness (QED) is 0.396. The number of hydrogen-bond donors (Lipinski definition) is 0. The van der Waals surface area contributed by atoms with Crippen molar-refractivity contribution in [3.05, 3.63) is 63.7 Å². The van der Waals surface area contributed by atoms with Crippen molar-refractivity contribution in [3.8, 4) is 0 Å². The molecule has 0 N–H and O–H groups in total. The van der Waals surface area contributed by atoms with E-state index in [0.29, 0.717) is 18.7 Å². The molecule has 34 heavy (non-hydrogen) atoms. The first-order valence-corrected chi connectivity index (χ1v) is 11.6. The van der Waals surface area contributed by atoms with E-state index in [9.17, 15) is 24.5 Å². The molecule has 4 aliphatic rings. The highest BCUT2D eigenvalue weighted by atomic mass is 16.6. The predicted molar refractivity (Wildman–Crippen MR) is 123 cm³/mol. The molecule has 0 aromatic heterocycles. The van der Waals surface area contributed by atoms with Crippen LogP contribution in [0.1, 0.15) is 30.9 Å². The molecule has 174 valence electrons. The van der Waals surface area contributed by atoms with Gasteiger partial charge in [-0.05, 0) is 45.4 Å². The van der Waals surface area contributed by atoms with Gasteiger partial charge in [-0.3, -0.25) is 29.4 Å². The summed E-state index contributed by atoms with van der Waals surface area (Å²) >= 11 is 0. The zero-order valence-corrected chi connectivity index (χ0v) is 18.9. The van der Waals surface area contributed by atoms with Gasteiger partial charge in [0, 0.05) is 35.5 Å². The van der Waals surface area contributed by atoms with Crippen molar-refractivity contribution in [2.24, 2.45) is 11.8 Å². The van der Waals surface area contributed by atoms with Gasteiger partial charge in [-0.1, -0.05) is 24.3 Å². The van der Waals surface area contributed by atoms with Crippen LogP contribution in [0.3, 0.4) is 0 Å². The van der Waals surface area contributed by atoms with Crippen LogP contribution in [0.5, 0.6) is 0 Å². The Labute approximate surface area is 196 Å². The lowest BCUT2D eigenvalue weighted by atomic mass is 9.75. The minimum absolute atomic E-state index is 0.146. The minimum atomic E-state index is -1.23. The summed E-state index contributed by atoms with van der Waals surface area (Å²) in [4.78, 5) is 57.8. The van der Waals surface area contributed by atoms with Crippen molar-refractivity contribution in [3.63, 3.8) is 0 Å². The van der Waals surface area contributed by atoms with E-state index in [-0.39, 0.29) is 29.2 Å². The first-order chi connectivity index (χ1) is 16.3. The number of rotatable bonds is 3. The van der Waals surface area contributed by atoms with E-state index in [1.165, 1.54) is 6.07 Å². The molecule has 2 aromatic rings. The topological polar surface area (TPSA) is 104 Å². The second-order valence-electron chi connectivity index (χ2n) is 9.48. The highest BCUT2D eigenvalue weighted by molar-refractivity contribution is 6.26. The number of carbonyl (C=O) groups excluding carboxylic acids is 3. The zero-order valence-electron chi connectivity index (χ0n) is 18.9. The highest BCUT2D eigenvalue weighted by Gasteiger charge is 2.75. The van der Waals surface area contributed by atoms with Crippen LogP contribution in [0.4, 0.5) is 17.1 Å². The third-order valence-corrected chi connectivity index (χ3v) is 8.11. The molecule has 3 saturated heterocycles. The first-order valence-electron chi connectivity index (χ1n) is 11.6. The van der Waals surface area contributed by atoms with Crippen molar-refractivity contribution in [2.45, 2.75) is 38.3 Å². The lowest BCUT2D eigenvalue weighted by molar-refractivity contribution is -0.385. The lowest BCUT2D eigenvalue weighted by Crippen LogP contribution is -2.56. The Hall–Kier alpha value is -3.59. The van der Waals surface area contributed by atoms with Gasteiger partial charge >= 0.3 is 0 Å². The fraction of sp³-hybridized carbons (Fsp3) is 0.400. The Morgan fingerprint density at radius 3 is 2.62 bits per heavy atom. The summed E-state index contributed by atoms with van der Waals surface area (Å²) in [5.41, 5.74) is 0.825. The molecule has 9 heteroatoms. The Kier molecular flexibility index (Phi) is 4.29. The van der Waals surface area contributed by atoms with Gasteiger partial charge in [-0.15, -0.1) is 0 Å². The van der Waals surface area contributed by atoms with Gasteiger partial charge in [-0.25, -0.2) is 4.90 Å². The van der Waals surface area contributed by atoms with Crippen LogP contribution in [0.15, 0.2) is 42.5 Å². The number of nitro groups is 1. The van der Waals surface area contributed by atoms with E-state index < -0.39 is 28.2 Å². The molecule has 0 saturated carbocycles. The molecule has 2 aromatic carbocycles. The molecule has 3 amide bonds. The number of nitrogens with zero attached hydrogens (tertiary/aromatic N) is 4. The van der Waals surface area contributed by atoms with Gasteiger partial charge in [0.05, 0.1) is 22.4 Å². The largest absolute Gasteiger partial charge is 0.310 e. The normalized spacial score (nSPS) is 29.8. The smallest absolute Gasteiger partial charge is 0.274 e. The van der Waals surface area contributed by atoms with Crippen LogP contribution in [0, 0.1) is 28.9 Å². The van der Waals surface area contributed by atoms with Crippen molar-refractivity contribution >= 4 is 34.8 Å². The Balaban J connectivity index is 1.54. The standard InChI is InChI=1S/C25H24N4O5/c1-3-26-17-8-5-4-7-16(17)25(24(26)32)21-20(18-9-6-12-27(18)25)22(30)28(23(21)31)15-11-10-14(2)19(13-15)29(33)34/h4-5,7-8,10-11,13,18,20-21H,3,6,9,12H2,1-2H3/t18-,20-,21-,25-/m1/s1. The van der Waals surface area contributed by atoms with E-state index in [1.54, 1.807) is 24.0 Å². The summed E-state index contributed by atoms with van der Waals surface area (Å²) in [7, 11) is 0. The van der Waals surface area contributed by atoms with Gasteiger partial charge in [0.25, 0.3) is 11.6 Å². The summed E-state index contributed by atoms with van der Waals surface area (Å²) < 4.78 is 0. The maximum Gasteiger partial charge on any atom is 0.274 e. The maximum atomic E-state index is 14.1. The molecule has 4 heterocycles. The van der Waals surface area contributed by atoms with E-state index in [0.717, 1.165) is 29.0 Å². The number of para-hydroxylation sites is 1. The molecule has 0 radical (unpaired) electrons. The molecule has 1 spiro atoms. The van der Waals surface area contributed by atoms with Crippen LogP contribution in [-0.2, 0) is 19.9 Å². The number of imide groups is 1. The average Bonchev–Trinajstić information content (AvgIpc) is 3.52. The van der Waals surface area contributed by atoms with Gasteiger partial charge in [0.15, 0.2) is 0 Å². The molecule has 6 rings (SSSR count). The zero-order chi connectivity index (χ0) is 23.9. The first kappa shape index (κ1) is 21.0. The van der Waals surface area contributed by atoms with Gasteiger partial charge < -0.3 is 4.90 Å². The summed E-state index contributed by atoms with van der Waals surface area (Å²) in [6.07, 6.45) is 1.57. The van der Waals surface area contributed by atoms with E-state index in [4.69, 9.17) is 0 Å². The summed E-state index contributed by atoms with van der Waals surface area (Å²) in [6, 6.07) is 11.7. The molecule has 9 nitrogen and oxygen atoms in total. The van der Waals surface area contributed by atoms with Gasteiger partial charge in [-0.2, -0.15) is 0 Å². The van der Waals surface area contributed by atoms with Crippen LogP contribution in [0.25, 0.3) is 0 Å². The summed E-state index contributed by atoms with van der Waals surface area (Å²) in [6.45, 7) is 4.62. The molecular formula is C25H24N4O5. The SMILES string of the molecule is CCN1C(=O)[C@@]2(c3ccccc31)[C@H]1C(=O)N(c3ccc(C)c([N+](=O)[O-])c3)C(=O)[C@@H]1[C@H]1CCCN12. The number of benzene rings is 2. The van der Waals surface area contributed by atoms with Crippen LogP contribution < -0.4 is 9.80 Å². The lowest BCUT2D eigenvalue weighted by Gasteiger charge is -2.37. The fourth-order valence-corrected chi connectivity index (χ4v) is 6.84. The molecule has 4 aliphatic heterocycles. The third-order valence-electron chi connectivity index (χ3n) is 8.11. The van der Waals surface area contributed by atoms with Gasteiger partial charge in [0.1, 0.15) is 5.54 Å². The maximum absolute atomic E-state index is 14.1. The monoisotopic (exact) mass is 460 g/mol. The minimum Gasteiger partial charge on any atom is -0.310 e. The number of amides is 3. The second kappa shape index (κ2) is 6.96. The number of carbonyl (C=O) groups is 3. The third kappa shape index (κ3) is 2.30. The van der Waals surface area contributed by atoms with Crippen molar-refractivity contribution in [1.29, 1.82) is 0 Å². The number of nitro benzene ring substituents is 1. The molecule has 3 fully saturated rings. The van der Waals surface area contributed by atoms with Crippen LogP contribution in [0.2, 0.25) is 0 Å². The predicted octanol–water partition coefficient (Wildman–Crippen LogP) is 2.75. The van der Waals surface area contributed by atoms with Crippen LogP contribution in [-0.4, -0.2) is 46.7 Å². The summed E-state index contributed by atoms with van der Waals surface area (Å²) in [5, 5.41) is 11.5. The molecule has 0 aliphatic carbocycles. The number of fused-ring (bicyclic) bond motifs is 7.